The summed E-state index contributed by atoms with van der Waals surface area (Å²) < 4.78 is 13.0. The van der Waals surface area contributed by atoms with E-state index in [1.54, 1.807) is 0 Å². The molecule has 2 fully saturated rings. The van der Waals surface area contributed by atoms with Crippen LogP contribution < -0.4 is 11.1 Å². The molecule has 0 aromatic heterocycles. The monoisotopic (exact) mass is 305 g/mol. The second kappa shape index (κ2) is 5.35. The van der Waals surface area contributed by atoms with Gasteiger partial charge in [0.25, 0.3) is 5.91 Å². The lowest BCUT2D eigenvalue weighted by Gasteiger charge is -2.43. The number of fused-ring (bicyclic) bond motifs is 2. The average Bonchev–Trinajstić information content (AvgIpc) is 2.71. The van der Waals surface area contributed by atoms with Crippen LogP contribution in [-0.2, 0) is 4.79 Å². The molecule has 2 amide bonds. The highest BCUT2D eigenvalue weighted by Crippen LogP contribution is 2.39. The molecule has 0 aliphatic carbocycles. The molecule has 0 spiro atoms. The van der Waals surface area contributed by atoms with Crippen LogP contribution in [-0.4, -0.2) is 41.4 Å². The van der Waals surface area contributed by atoms with E-state index in [2.05, 4.69) is 17.3 Å². The van der Waals surface area contributed by atoms with Crippen LogP contribution in [0.1, 0.15) is 36.0 Å². The van der Waals surface area contributed by atoms with E-state index >= 15 is 0 Å². The number of nitrogens with two attached hydrogens (primary N) is 1. The fourth-order valence-electron chi connectivity index (χ4n) is 3.73. The molecule has 118 valence electrons. The number of carbonyl (C=O) groups is 2. The number of amides is 2. The Kier molecular flexibility index (Phi) is 3.64. The Bertz CT molecular complexity index is 588. The van der Waals surface area contributed by atoms with Gasteiger partial charge in [-0.1, -0.05) is 0 Å². The molecular weight excluding hydrogens is 285 g/mol. The Labute approximate surface area is 128 Å². The highest BCUT2D eigenvalue weighted by atomic mass is 19.1. The summed E-state index contributed by atoms with van der Waals surface area (Å²) in [4.78, 5) is 26.7. The molecule has 2 bridgehead atoms. The van der Waals surface area contributed by atoms with E-state index in [0.29, 0.717) is 18.4 Å². The van der Waals surface area contributed by atoms with Gasteiger partial charge in [0.15, 0.2) is 0 Å². The van der Waals surface area contributed by atoms with E-state index in [9.17, 15) is 14.0 Å². The molecule has 2 aliphatic rings. The zero-order valence-electron chi connectivity index (χ0n) is 12.5. The van der Waals surface area contributed by atoms with Crippen molar-refractivity contribution in [3.63, 3.8) is 0 Å². The summed E-state index contributed by atoms with van der Waals surface area (Å²) in [5.74, 6) is -1.28. The summed E-state index contributed by atoms with van der Waals surface area (Å²) in [5.41, 5.74) is 4.94. The zero-order valence-corrected chi connectivity index (χ0v) is 12.5. The summed E-state index contributed by atoms with van der Waals surface area (Å²) in [7, 11) is 2.05. The number of benzene rings is 1. The number of piperidine rings is 1. The molecule has 6 heteroatoms. The number of primary amides is 1. The normalized spacial score (nSPS) is 31.0. The fourth-order valence-corrected chi connectivity index (χ4v) is 3.73. The van der Waals surface area contributed by atoms with Crippen molar-refractivity contribution in [2.75, 3.05) is 7.05 Å². The summed E-state index contributed by atoms with van der Waals surface area (Å²) in [5, 5.41) is 2.83. The minimum absolute atomic E-state index is 0.264. The van der Waals surface area contributed by atoms with Gasteiger partial charge < -0.3 is 16.0 Å². The van der Waals surface area contributed by atoms with Crippen molar-refractivity contribution in [2.24, 2.45) is 5.73 Å². The number of halogens is 1. The van der Waals surface area contributed by atoms with E-state index in [-0.39, 0.29) is 18.0 Å². The molecule has 1 aromatic carbocycles. The quantitative estimate of drug-likeness (QED) is 0.876. The molecule has 5 nitrogen and oxygen atoms in total. The molecule has 0 saturated carbocycles. The van der Waals surface area contributed by atoms with Crippen molar-refractivity contribution in [1.29, 1.82) is 0 Å². The lowest BCUT2D eigenvalue weighted by Crippen LogP contribution is -2.64. The predicted octanol–water partition coefficient (Wildman–Crippen LogP) is 1.04. The van der Waals surface area contributed by atoms with Crippen molar-refractivity contribution in [3.05, 3.63) is 35.6 Å². The standard InChI is InChI=1S/C16H20FN3O2/c1-20-12-6-7-13(20)9-16(8-12,15(18)22)19-14(21)10-2-4-11(17)5-3-10/h2-5,12-13H,6-9H2,1H3,(H2,18,22)(H,19,21)/t12-,13+,16?. The van der Waals surface area contributed by atoms with Gasteiger partial charge in [-0.05, 0) is 57.0 Å². The number of rotatable bonds is 3. The van der Waals surface area contributed by atoms with Crippen molar-refractivity contribution in [2.45, 2.75) is 43.3 Å². The Hall–Kier alpha value is -1.95. The Morgan fingerprint density at radius 2 is 1.77 bits per heavy atom. The van der Waals surface area contributed by atoms with Gasteiger partial charge in [-0.2, -0.15) is 0 Å². The Morgan fingerprint density at radius 3 is 2.27 bits per heavy atom. The first-order valence-corrected chi connectivity index (χ1v) is 7.51. The topological polar surface area (TPSA) is 75.4 Å². The summed E-state index contributed by atoms with van der Waals surface area (Å²) >= 11 is 0. The smallest absolute Gasteiger partial charge is 0.252 e. The number of hydrogen-bond acceptors (Lipinski definition) is 3. The van der Waals surface area contributed by atoms with Crippen LogP contribution in [0.25, 0.3) is 0 Å². The van der Waals surface area contributed by atoms with Crippen molar-refractivity contribution in [1.82, 2.24) is 10.2 Å². The molecule has 22 heavy (non-hydrogen) atoms. The fraction of sp³-hybridized carbons (Fsp3) is 0.500. The Balaban J connectivity index is 1.82. The van der Waals surface area contributed by atoms with Crippen molar-refractivity contribution in [3.8, 4) is 0 Å². The lowest BCUT2D eigenvalue weighted by molar-refractivity contribution is -0.127. The first kappa shape index (κ1) is 15.0. The van der Waals surface area contributed by atoms with Gasteiger partial charge in [-0.3, -0.25) is 9.59 Å². The van der Waals surface area contributed by atoms with Gasteiger partial charge in [0.1, 0.15) is 11.4 Å². The third-order valence-corrected chi connectivity index (χ3v) is 5.08. The van der Waals surface area contributed by atoms with E-state index in [4.69, 9.17) is 5.73 Å². The van der Waals surface area contributed by atoms with Crippen LogP contribution in [0.5, 0.6) is 0 Å². The zero-order chi connectivity index (χ0) is 15.9. The minimum Gasteiger partial charge on any atom is -0.368 e. The molecule has 3 rings (SSSR count). The second-order valence-corrected chi connectivity index (χ2v) is 6.37. The average molecular weight is 305 g/mol. The molecule has 1 unspecified atom stereocenters. The number of nitrogens with one attached hydrogen (secondary N) is 1. The van der Waals surface area contributed by atoms with E-state index in [1.807, 2.05) is 0 Å². The summed E-state index contributed by atoms with van der Waals surface area (Å²) in [6.45, 7) is 0. The molecule has 1 aromatic rings. The first-order valence-electron chi connectivity index (χ1n) is 7.51. The first-order chi connectivity index (χ1) is 10.4. The molecular formula is C16H20FN3O2. The van der Waals surface area contributed by atoms with Crippen LogP contribution in [0.15, 0.2) is 24.3 Å². The minimum atomic E-state index is -1.01. The van der Waals surface area contributed by atoms with Crippen LogP contribution in [0.4, 0.5) is 4.39 Å². The van der Waals surface area contributed by atoms with E-state index in [1.165, 1.54) is 24.3 Å². The molecule has 3 N–H and O–H groups in total. The predicted molar refractivity (Wildman–Crippen MR) is 79.6 cm³/mol. The van der Waals surface area contributed by atoms with E-state index < -0.39 is 17.3 Å². The highest BCUT2D eigenvalue weighted by molar-refractivity contribution is 5.99. The maximum atomic E-state index is 13.0. The van der Waals surface area contributed by atoms with Gasteiger partial charge >= 0.3 is 0 Å². The van der Waals surface area contributed by atoms with Gasteiger partial charge in [0.2, 0.25) is 5.91 Å². The summed E-state index contributed by atoms with van der Waals surface area (Å²) in [6.07, 6.45) is 3.09. The van der Waals surface area contributed by atoms with Crippen LogP contribution in [0.3, 0.4) is 0 Å². The molecule has 2 heterocycles. The second-order valence-electron chi connectivity index (χ2n) is 6.37. The summed E-state index contributed by atoms with van der Waals surface area (Å²) in [6, 6.07) is 5.79. The van der Waals surface area contributed by atoms with Gasteiger partial charge in [0, 0.05) is 17.6 Å². The Morgan fingerprint density at radius 1 is 1.23 bits per heavy atom. The number of nitrogens with zero attached hydrogens (tertiary/aromatic N) is 1. The van der Waals surface area contributed by atoms with Gasteiger partial charge in [0.05, 0.1) is 0 Å². The largest absolute Gasteiger partial charge is 0.368 e. The van der Waals surface area contributed by atoms with Crippen LogP contribution in [0, 0.1) is 5.82 Å². The maximum absolute atomic E-state index is 13.0. The molecule has 2 saturated heterocycles. The number of carbonyl (C=O) groups excluding carboxylic acids is 2. The maximum Gasteiger partial charge on any atom is 0.252 e. The highest BCUT2D eigenvalue weighted by Gasteiger charge is 2.51. The van der Waals surface area contributed by atoms with Crippen LogP contribution >= 0.6 is 0 Å². The third kappa shape index (κ3) is 2.47. The lowest BCUT2D eigenvalue weighted by atomic mass is 9.82. The number of hydrogen-bond donors (Lipinski definition) is 2. The SMILES string of the molecule is CN1[C@@H]2CC[C@H]1CC(NC(=O)c1ccc(F)cc1)(C(N)=O)C2. The molecule has 0 radical (unpaired) electrons. The molecule has 2 aliphatic heterocycles. The van der Waals surface area contributed by atoms with Crippen molar-refractivity contribution >= 4 is 11.8 Å². The third-order valence-electron chi connectivity index (χ3n) is 5.08. The van der Waals surface area contributed by atoms with Crippen molar-refractivity contribution < 1.29 is 14.0 Å². The van der Waals surface area contributed by atoms with E-state index in [0.717, 1.165) is 12.8 Å². The van der Waals surface area contributed by atoms with Crippen LogP contribution in [0.2, 0.25) is 0 Å². The molecule has 3 atom stereocenters. The van der Waals surface area contributed by atoms with Gasteiger partial charge in [-0.25, -0.2) is 4.39 Å². The van der Waals surface area contributed by atoms with Gasteiger partial charge in [-0.15, -0.1) is 0 Å².